The number of rotatable bonds is 5. The maximum atomic E-state index is 6.21. The van der Waals surface area contributed by atoms with Crippen LogP contribution < -0.4 is 0 Å². The SMILES string of the molecule is C=CC(/C=C/c1ncc(-c2ccc(Cl)cc2Cl)[nH]1)=C(C)\C=C\Cl. The minimum absolute atomic E-state index is 0.575. The Balaban J connectivity index is 2.27. The Morgan fingerprint density at radius 1 is 1.26 bits per heavy atom. The van der Waals surface area contributed by atoms with Crippen molar-refractivity contribution in [3.63, 3.8) is 0 Å². The van der Waals surface area contributed by atoms with Gasteiger partial charge < -0.3 is 4.98 Å². The first-order valence-electron chi connectivity index (χ1n) is 6.83. The fraction of sp³-hybridized carbons (Fsp3) is 0.0556. The lowest BCUT2D eigenvalue weighted by Gasteiger charge is -2.01. The van der Waals surface area contributed by atoms with Gasteiger partial charge in [-0.15, -0.1) is 0 Å². The van der Waals surface area contributed by atoms with Gasteiger partial charge in [-0.05, 0) is 48.4 Å². The van der Waals surface area contributed by atoms with Crippen LogP contribution >= 0.6 is 34.8 Å². The molecular weight excluding hydrogens is 351 g/mol. The number of hydrogen-bond acceptors (Lipinski definition) is 1. The van der Waals surface area contributed by atoms with Crippen molar-refractivity contribution in [3.8, 4) is 11.3 Å². The van der Waals surface area contributed by atoms with Crippen LogP contribution in [0.4, 0.5) is 0 Å². The molecule has 118 valence electrons. The Labute approximate surface area is 150 Å². The zero-order chi connectivity index (χ0) is 16.8. The van der Waals surface area contributed by atoms with Crippen LogP contribution in [0, 0.1) is 0 Å². The lowest BCUT2D eigenvalue weighted by atomic mass is 10.1. The summed E-state index contributed by atoms with van der Waals surface area (Å²) in [5.41, 5.74) is 5.13. The molecule has 0 saturated heterocycles. The topological polar surface area (TPSA) is 28.7 Å². The van der Waals surface area contributed by atoms with Crippen molar-refractivity contribution >= 4 is 40.9 Å². The van der Waals surface area contributed by atoms with Crippen molar-refractivity contribution in [2.24, 2.45) is 0 Å². The van der Waals surface area contributed by atoms with E-state index in [4.69, 9.17) is 34.8 Å². The second kappa shape index (κ2) is 8.21. The monoisotopic (exact) mass is 364 g/mol. The molecule has 0 fully saturated rings. The molecule has 0 aliphatic heterocycles. The molecule has 5 heteroatoms. The van der Waals surface area contributed by atoms with Crippen molar-refractivity contribution in [3.05, 3.63) is 81.8 Å². The van der Waals surface area contributed by atoms with Gasteiger partial charge in [-0.25, -0.2) is 4.98 Å². The van der Waals surface area contributed by atoms with E-state index < -0.39 is 0 Å². The third kappa shape index (κ3) is 4.61. The van der Waals surface area contributed by atoms with Gasteiger partial charge in [0, 0.05) is 16.1 Å². The highest BCUT2D eigenvalue weighted by atomic mass is 35.5. The Morgan fingerprint density at radius 3 is 2.70 bits per heavy atom. The van der Waals surface area contributed by atoms with E-state index in [-0.39, 0.29) is 0 Å². The van der Waals surface area contributed by atoms with Crippen LogP contribution in [0.3, 0.4) is 0 Å². The highest BCUT2D eigenvalue weighted by Crippen LogP contribution is 2.29. The van der Waals surface area contributed by atoms with E-state index in [0.717, 1.165) is 22.4 Å². The van der Waals surface area contributed by atoms with E-state index in [1.165, 1.54) is 5.54 Å². The molecule has 2 aromatic rings. The second-order valence-corrected chi connectivity index (χ2v) is 5.87. The summed E-state index contributed by atoms with van der Waals surface area (Å²) >= 11 is 17.7. The quantitative estimate of drug-likeness (QED) is 0.590. The molecular formula is C18H15Cl3N2. The molecule has 0 amide bonds. The molecule has 0 saturated carbocycles. The van der Waals surface area contributed by atoms with Gasteiger partial charge in [0.2, 0.25) is 0 Å². The lowest BCUT2D eigenvalue weighted by molar-refractivity contribution is 1.26. The van der Waals surface area contributed by atoms with Crippen LogP contribution in [0.15, 0.2) is 65.9 Å². The number of benzene rings is 1. The molecule has 1 aromatic heterocycles. The van der Waals surface area contributed by atoms with Crippen molar-refractivity contribution in [1.29, 1.82) is 0 Å². The minimum atomic E-state index is 0.575. The highest BCUT2D eigenvalue weighted by Gasteiger charge is 2.06. The largest absolute Gasteiger partial charge is 0.338 e. The van der Waals surface area contributed by atoms with E-state index in [0.29, 0.717) is 15.9 Å². The first-order valence-corrected chi connectivity index (χ1v) is 8.03. The summed E-state index contributed by atoms with van der Waals surface area (Å²) in [6.45, 7) is 5.76. The predicted octanol–water partition coefficient (Wildman–Crippen LogP) is 6.65. The number of allylic oxidation sites excluding steroid dienone is 5. The van der Waals surface area contributed by atoms with Crippen molar-refractivity contribution in [2.45, 2.75) is 6.92 Å². The van der Waals surface area contributed by atoms with Gasteiger partial charge in [0.15, 0.2) is 0 Å². The number of halogens is 3. The normalized spacial score (nSPS) is 12.9. The lowest BCUT2D eigenvalue weighted by Crippen LogP contribution is -1.81. The molecule has 0 radical (unpaired) electrons. The molecule has 2 nitrogen and oxygen atoms in total. The number of aromatic nitrogens is 2. The van der Waals surface area contributed by atoms with Crippen LogP contribution in [0.1, 0.15) is 12.7 Å². The van der Waals surface area contributed by atoms with Crippen molar-refractivity contribution in [1.82, 2.24) is 9.97 Å². The first kappa shape index (κ1) is 17.6. The summed E-state index contributed by atoms with van der Waals surface area (Å²) in [5.74, 6) is 0.716. The van der Waals surface area contributed by atoms with Crippen LogP contribution in [0.5, 0.6) is 0 Å². The molecule has 0 spiro atoms. The first-order chi connectivity index (χ1) is 11.0. The number of nitrogens with one attached hydrogen (secondary N) is 1. The van der Waals surface area contributed by atoms with E-state index in [9.17, 15) is 0 Å². The molecule has 0 bridgehead atoms. The molecule has 0 aliphatic carbocycles. The van der Waals surface area contributed by atoms with Gasteiger partial charge in [-0.1, -0.05) is 53.5 Å². The van der Waals surface area contributed by atoms with E-state index in [1.807, 2.05) is 31.2 Å². The predicted molar refractivity (Wildman–Crippen MR) is 101 cm³/mol. The van der Waals surface area contributed by atoms with E-state index in [1.54, 1.807) is 24.4 Å². The maximum absolute atomic E-state index is 6.21. The van der Waals surface area contributed by atoms with Crippen LogP contribution in [-0.4, -0.2) is 9.97 Å². The van der Waals surface area contributed by atoms with Crippen LogP contribution in [0.25, 0.3) is 17.3 Å². The van der Waals surface area contributed by atoms with E-state index >= 15 is 0 Å². The average Bonchev–Trinajstić information content (AvgIpc) is 2.97. The van der Waals surface area contributed by atoms with Gasteiger partial charge in [-0.2, -0.15) is 0 Å². The average molecular weight is 366 g/mol. The fourth-order valence-corrected chi connectivity index (χ4v) is 2.69. The third-order valence-electron chi connectivity index (χ3n) is 3.23. The molecule has 0 aliphatic rings. The number of hydrogen-bond donors (Lipinski definition) is 1. The molecule has 1 N–H and O–H groups in total. The van der Waals surface area contributed by atoms with Crippen molar-refractivity contribution < 1.29 is 0 Å². The highest BCUT2D eigenvalue weighted by molar-refractivity contribution is 6.36. The van der Waals surface area contributed by atoms with Gasteiger partial charge in [0.05, 0.1) is 16.9 Å². The number of imidazole rings is 1. The second-order valence-electron chi connectivity index (χ2n) is 4.77. The third-order valence-corrected chi connectivity index (χ3v) is 3.90. The summed E-state index contributed by atoms with van der Waals surface area (Å²) in [4.78, 5) is 7.55. The minimum Gasteiger partial charge on any atom is -0.338 e. The maximum Gasteiger partial charge on any atom is 0.130 e. The zero-order valence-corrected chi connectivity index (χ0v) is 14.8. The van der Waals surface area contributed by atoms with Crippen molar-refractivity contribution in [2.75, 3.05) is 0 Å². The molecule has 23 heavy (non-hydrogen) atoms. The fourth-order valence-electron chi connectivity index (χ4n) is 1.99. The van der Waals surface area contributed by atoms with Crippen LogP contribution in [0.2, 0.25) is 10.0 Å². The number of nitrogens with zero attached hydrogens (tertiary/aromatic N) is 1. The molecule has 1 aromatic carbocycles. The Hall–Kier alpha value is -1.74. The molecule has 1 heterocycles. The number of aromatic amines is 1. The molecule has 0 unspecified atom stereocenters. The van der Waals surface area contributed by atoms with Gasteiger partial charge >= 0.3 is 0 Å². The van der Waals surface area contributed by atoms with Gasteiger partial charge in [0.1, 0.15) is 5.82 Å². The molecule has 0 atom stereocenters. The zero-order valence-electron chi connectivity index (χ0n) is 12.5. The smallest absolute Gasteiger partial charge is 0.130 e. The summed E-state index contributed by atoms with van der Waals surface area (Å²) in [6, 6.07) is 5.35. The molecule has 2 rings (SSSR count). The Morgan fingerprint density at radius 2 is 2.04 bits per heavy atom. The van der Waals surface area contributed by atoms with E-state index in [2.05, 4.69) is 16.5 Å². The van der Waals surface area contributed by atoms with Crippen LogP contribution in [-0.2, 0) is 0 Å². The number of H-pyrrole nitrogens is 1. The summed E-state index contributed by atoms with van der Waals surface area (Å²) in [6.07, 6.45) is 9.10. The van der Waals surface area contributed by atoms with Gasteiger partial charge in [-0.3, -0.25) is 0 Å². The summed E-state index contributed by atoms with van der Waals surface area (Å²) in [5, 5.41) is 1.17. The summed E-state index contributed by atoms with van der Waals surface area (Å²) < 4.78 is 0. The Bertz CT molecular complexity index is 798. The Kier molecular flexibility index (Phi) is 6.28. The van der Waals surface area contributed by atoms with Gasteiger partial charge in [0.25, 0.3) is 0 Å². The standard InChI is InChI=1S/C18H15Cl3N2/c1-3-13(12(2)8-9-19)4-7-18-22-11-17(23-18)15-6-5-14(20)10-16(15)21/h3-11H,1H2,2H3,(H,22,23)/b7-4+,9-8+,13-12+. The summed E-state index contributed by atoms with van der Waals surface area (Å²) in [7, 11) is 0.